The lowest BCUT2D eigenvalue weighted by Gasteiger charge is -2.18. The molecular weight excluding hydrogens is 347 g/mol. The Kier molecular flexibility index (Phi) is 5.40. The van der Waals surface area contributed by atoms with Crippen LogP contribution in [0.5, 0.6) is 0 Å². The van der Waals surface area contributed by atoms with Gasteiger partial charge >= 0.3 is 6.18 Å². The van der Waals surface area contributed by atoms with Crippen molar-refractivity contribution < 1.29 is 21.6 Å². The largest absolute Gasteiger partial charge is 0.390 e. The highest BCUT2D eigenvalue weighted by Gasteiger charge is 2.30. The van der Waals surface area contributed by atoms with E-state index in [9.17, 15) is 21.6 Å². The molecule has 0 heterocycles. The van der Waals surface area contributed by atoms with Gasteiger partial charge in [-0.15, -0.1) is 0 Å². The first-order valence-corrected chi connectivity index (χ1v) is 7.91. The van der Waals surface area contributed by atoms with Crippen LogP contribution in [0.4, 0.5) is 13.2 Å². The molecule has 1 aromatic rings. The molecule has 0 amide bonds. The number of alkyl halides is 4. The first-order chi connectivity index (χ1) is 8.66. The van der Waals surface area contributed by atoms with E-state index >= 15 is 0 Å². The highest BCUT2D eigenvalue weighted by molar-refractivity contribution is 9.08. The molecule has 0 radical (unpaired) electrons. The summed E-state index contributed by atoms with van der Waals surface area (Å²) in [5.74, 6) is 0. The predicted molar refractivity (Wildman–Crippen MR) is 69.6 cm³/mol. The molecule has 0 N–H and O–H groups in total. The maximum absolute atomic E-state index is 12.1. The van der Waals surface area contributed by atoms with Crippen molar-refractivity contribution in [1.29, 1.82) is 0 Å². The monoisotopic (exact) mass is 359 g/mol. The van der Waals surface area contributed by atoms with Crippen molar-refractivity contribution in [2.24, 2.45) is 0 Å². The van der Waals surface area contributed by atoms with E-state index in [1.807, 2.05) is 0 Å². The normalized spacial score (nSPS) is 12.9. The number of rotatable bonds is 5. The fraction of sp³-hybridized carbons (Fsp3) is 0.455. The lowest BCUT2D eigenvalue weighted by Crippen LogP contribution is -2.30. The minimum atomic E-state index is -4.37. The van der Waals surface area contributed by atoms with Crippen molar-refractivity contribution in [3.05, 3.63) is 29.8 Å². The van der Waals surface area contributed by atoms with Gasteiger partial charge in [-0.05, 0) is 17.7 Å². The number of hydrogen-bond donors (Lipinski definition) is 0. The van der Waals surface area contributed by atoms with Crippen LogP contribution in [0.2, 0.25) is 0 Å². The Morgan fingerprint density at radius 1 is 1.21 bits per heavy atom. The van der Waals surface area contributed by atoms with Crippen LogP contribution in [0.15, 0.2) is 29.2 Å². The van der Waals surface area contributed by atoms with Crippen molar-refractivity contribution in [3.8, 4) is 0 Å². The molecule has 0 spiro atoms. The third kappa shape index (κ3) is 4.77. The Hall–Kier alpha value is -0.600. The molecule has 3 nitrogen and oxygen atoms in total. The molecule has 1 aromatic carbocycles. The summed E-state index contributed by atoms with van der Waals surface area (Å²) in [4.78, 5) is -0.0122. The van der Waals surface area contributed by atoms with Crippen LogP contribution in [-0.4, -0.2) is 32.5 Å². The third-order valence-electron chi connectivity index (χ3n) is 2.50. The minimum absolute atomic E-state index is 0.0122. The number of hydrogen-bond acceptors (Lipinski definition) is 2. The molecule has 0 aromatic heterocycles. The number of benzene rings is 1. The van der Waals surface area contributed by atoms with E-state index in [0.29, 0.717) is 9.64 Å². The summed E-state index contributed by atoms with van der Waals surface area (Å²) in [5, 5.41) is 0.581. The molecule has 1 rings (SSSR count). The summed E-state index contributed by atoms with van der Waals surface area (Å²) in [6.07, 6.45) is -5.54. The van der Waals surface area contributed by atoms with E-state index < -0.39 is 29.2 Å². The van der Waals surface area contributed by atoms with Gasteiger partial charge in [-0.1, -0.05) is 28.1 Å². The smallest absolute Gasteiger partial charge is 0.207 e. The van der Waals surface area contributed by atoms with E-state index in [1.54, 1.807) is 12.1 Å². The molecule has 0 aliphatic heterocycles. The van der Waals surface area contributed by atoms with E-state index in [2.05, 4.69) is 15.9 Å². The van der Waals surface area contributed by atoms with Crippen molar-refractivity contribution in [2.75, 3.05) is 13.6 Å². The fourth-order valence-electron chi connectivity index (χ4n) is 1.33. The van der Waals surface area contributed by atoms with Gasteiger partial charge in [0.05, 0.1) is 11.3 Å². The highest BCUT2D eigenvalue weighted by Crippen LogP contribution is 2.22. The molecule has 8 heteroatoms. The average molecular weight is 360 g/mol. The van der Waals surface area contributed by atoms with E-state index in [4.69, 9.17) is 0 Å². The standard InChI is InChI=1S/C11H13BrF3NO2S/c1-16(7-6-11(13,14)15)19(17,18)10-4-2-9(8-12)3-5-10/h2-5H,6-8H2,1H3. The van der Waals surface area contributed by atoms with Crippen LogP contribution in [0.25, 0.3) is 0 Å². The molecule has 19 heavy (non-hydrogen) atoms. The SMILES string of the molecule is CN(CCC(F)(F)F)S(=O)(=O)c1ccc(CBr)cc1. The molecule has 0 aliphatic carbocycles. The third-order valence-corrected chi connectivity index (χ3v) is 5.01. The van der Waals surface area contributed by atoms with Gasteiger partial charge < -0.3 is 0 Å². The lowest BCUT2D eigenvalue weighted by atomic mass is 10.2. The Balaban J connectivity index is 2.84. The average Bonchev–Trinajstić information content (AvgIpc) is 2.35. The van der Waals surface area contributed by atoms with Gasteiger partial charge in [0, 0.05) is 18.9 Å². The molecule has 0 saturated heterocycles. The van der Waals surface area contributed by atoms with Gasteiger partial charge in [0.25, 0.3) is 0 Å². The van der Waals surface area contributed by atoms with Gasteiger partial charge in [0.2, 0.25) is 10.0 Å². The minimum Gasteiger partial charge on any atom is -0.207 e. The van der Waals surface area contributed by atoms with Gasteiger partial charge in [-0.2, -0.15) is 13.2 Å². The summed E-state index contributed by atoms with van der Waals surface area (Å²) in [6.45, 7) is -0.591. The summed E-state index contributed by atoms with van der Waals surface area (Å²) >= 11 is 3.22. The Morgan fingerprint density at radius 2 is 1.74 bits per heavy atom. The van der Waals surface area contributed by atoms with Crippen LogP contribution in [0, 0.1) is 0 Å². The summed E-state index contributed by atoms with van der Waals surface area (Å²) in [7, 11) is -2.73. The summed E-state index contributed by atoms with van der Waals surface area (Å²) in [6, 6.07) is 5.99. The molecule has 0 unspecified atom stereocenters. The zero-order chi connectivity index (χ0) is 14.7. The molecular formula is C11H13BrF3NO2S. The van der Waals surface area contributed by atoms with Gasteiger partial charge in [0.1, 0.15) is 0 Å². The topological polar surface area (TPSA) is 37.4 Å². The highest BCUT2D eigenvalue weighted by atomic mass is 79.9. The predicted octanol–water partition coefficient (Wildman–Crippen LogP) is 3.15. The van der Waals surface area contributed by atoms with E-state index in [-0.39, 0.29) is 4.90 Å². The molecule has 0 fully saturated rings. The first-order valence-electron chi connectivity index (χ1n) is 5.35. The zero-order valence-electron chi connectivity index (χ0n) is 10.1. The summed E-state index contributed by atoms with van der Waals surface area (Å²) in [5.41, 5.74) is 0.886. The maximum Gasteiger partial charge on any atom is 0.390 e. The van der Waals surface area contributed by atoms with Crippen LogP contribution in [0.3, 0.4) is 0 Å². The molecule has 108 valence electrons. The van der Waals surface area contributed by atoms with Crippen LogP contribution in [-0.2, 0) is 15.4 Å². The second kappa shape index (κ2) is 6.23. The zero-order valence-corrected chi connectivity index (χ0v) is 12.5. The van der Waals surface area contributed by atoms with E-state index in [1.165, 1.54) is 12.1 Å². The molecule has 0 bridgehead atoms. The Bertz CT molecular complexity index is 514. The van der Waals surface area contributed by atoms with Crippen molar-refractivity contribution in [3.63, 3.8) is 0 Å². The van der Waals surface area contributed by atoms with E-state index in [0.717, 1.165) is 12.6 Å². The van der Waals surface area contributed by atoms with Gasteiger partial charge in [0.15, 0.2) is 0 Å². The van der Waals surface area contributed by atoms with Crippen LogP contribution in [0.1, 0.15) is 12.0 Å². The molecule has 0 saturated carbocycles. The number of halogens is 4. The van der Waals surface area contributed by atoms with Gasteiger partial charge in [-0.25, -0.2) is 12.7 Å². The molecule has 0 aliphatic rings. The van der Waals surface area contributed by atoms with Crippen LogP contribution >= 0.6 is 15.9 Å². The molecule has 0 atom stereocenters. The quantitative estimate of drug-likeness (QED) is 0.757. The Labute approximate surface area is 118 Å². The van der Waals surface area contributed by atoms with Crippen LogP contribution < -0.4 is 0 Å². The number of nitrogens with zero attached hydrogens (tertiary/aromatic N) is 1. The van der Waals surface area contributed by atoms with Crippen molar-refractivity contribution in [2.45, 2.75) is 22.8 Å². The fourth-order valence-corrected chi connectivity index (χ4v) is 2.88. The first kappa shape index (κ1) is 16.5. The summed E-state index contributed by atoms with van der Waals surface area (Å²) < 4.78 is 60.9. The van der Waals surface area contributed by atoms with Gasteiger partial charge in [-0.3, -0.25) is 0 Å². The number of sulfonamides is 1. The Morgan fingerprint density at radius 3 is 2.16 bits per heavy atom. The lowest BCUT2D eigenvalue weighted by molar-refractivity contribution is -0.135. The second-order valence-electron chi connectivity index (χ2n) is 3.97. The second-order valence-corrected chi connectivity index (χ2v) is 6.57. The van der Waals surface area contributed by atoms with Crippen molar-refractivity contribution >= 4 is 26.0 Å². The maximum atomic E-state index is 12.1. The van der Waals surface area contributed by atoms with Crippen molar-refractivity contribution in [1.82, 2.24) is 4.31 Å².